The van der Waals surface area contributed by atoms with Crippen LogP contribution in [0.3, 0.4) is 0 Å². The maximum atomic E-state index is 12.3. The Labute approximate surface area is 135 Å². The lowest BCUT2D eigenvalue weighted by atomic mass is 10.2. The second kappa shape index (κ2) is 7.55. The van der Waals surface area contributed by atoms with E-state index in [-0.39, 0.29) is 18.4 Å². The van der Waals surface area contributed by atoms with Gasteiger partial charge in [0, 0.05) is 20.1 Å². The third-order valence-electron chi connectivity index (χ3n) is 3.44. The van der Waals surface area contributed by atoms with Gasteiger partial charge in [-0.05, 0) is 12.1 Å². The third kappa shape index (κ3) is 3.87. The first-order valence-corrected chi connectivity index (χ1v) is 7.17. The predicted molar refractivity (Wildman–Crippen MR) is 84.9 cm³/mol. The Morgan fingerprint density at radius 3 is 2.71 bits per heavy atom. The van der Waals surface area contributed by atoms with Crippen LogP contribution in [0.1, 0.15) is 6.42 Å². The Morgan fingerprint density at radius 1 is 1.33 bits per heavy atom. The van der Waals surface area contributed by atoms with Crippen LogP contribution in [-0.4, -0.2) is 46.3 Å². The summed E-state index contributed by atoms with van der Waals surface area (Å²) >= 11 is 0. The molecule has 24 heavy (non-hydrogen) atoms. The molecule has 9 nitrogen and oxygen atoms in total. The quantitative estimate of drug-likeness (QED) is 0.613. The molecule has 2 aromatic rings. The van der Waals surface area contributed by atoms with Crippen molar-refractivity contribution in [3.8, 4) is 0 Å². The average molecular weight is 335 g/mol. The molecule has 2 rings (SSSR count). The molecule has 0 radical (unpaired) electrons. The summed E-state index contributed by atoms with van der Waals surface area (Å²) in [6, 6.07) is 5.25. The molecule has 1 aromatic heterocycles. The molecule has 0 fully saturated rings. The number of para-hydroxylation sites is 1. The van der Waals surface area contributed by atoms with Crippen LogP contribution in [-0.2, 0) is 20.9 Å². The van der Waals surface area contributed by atoms with Crippen molar-refractivity contribution in [2.45, 2.75) is 19.0 Å². The number of nitrogens with zero attached hydrogens (tertiary/aromatic N) is 1. The summed E-state index contributed by atoms with van der Waals surface area (Å²) in [5.74, 6) is -1.97. The van der Waals surface area contributed by atoms with Gasteiger partial charge in [0.15, 0.2) is 0 Å². The highest BCUT2D eigenvalue weighted by Crippen LogP contribution is 2.02. The molecule has 1 amide bonds. The first-order chi connectivity index (χ1) is 11.4. The number of nitrogens with one attached hydrogen (secondary N) is 2. The average Bonchev–Trinajstić information content (AvgIpc) is 2.55. The molecular formula is C15H17N3O6. The minimum atomic E-state index is -1.22. The van der Waals surface area contributed by atoms with E-state index in [0.29, 0.717) is 5.52 Å². The minimum absolute atomic E-state index is 0.0700. The normalized spacial score (nSPS) is 12.0. The van der Waals surface area contributed by atoms with Crippen molar-refractivity contribution in [2.75, 3.05) is 13.7 Å². The number of H-pyrrole nitrogens is 1. The Morgan fingerprint density at radius 2 is 2.04 bits per heavy atom. The van der Waals surface area contributed by atoms with Crippen LogP contribution >= 0.6 is 0 Å². The second-order valence-electron chi connectivity index (χ2n) is 5.11. The number of hydrogen-bond donors (Lipinski definition) is 3. The number of ether oxygens (including phenoxy) is 1. The number of carboxylic acids is 1. The van der Waals surface area contributed by atoms with Crippen molar-refractivity contribution < 1.29 is 19.4 Å². The highest BCUT2D eigenvalue weighted by Gasteiger charge is 2.20. The van der Waals surface area contributed by atoms with Gasteiger partial charge in [-0.15, -0.1) is 0 Å². The number of fused-ring (bicyclic) bond motifs is 1. The fourth-order valence-corrected chi connectivity index (χ4v) is 2.22. The number of benzene rings is 1. The van der Waals surface area contributed by atoms with Crippen molar-refractivity contribution in [1.82, 2.24) is 14.9 Å². The van der Waals surface area contributed by atoms with Crippen molar-refractivity contribution in [1.29, 1.82) is 0 Å². The number of carboxylic acid groups (broad SMARTS) is 1. The lowest BCUT2D eigenvalue weighted by Crippen LogP contribution is -2.46. The number of methoxy groups -OCH3 is 1. The molecule has 1 unspecified atom stereocenters. The van der Waals surface area contributed by atoms with Crippen LogP contribution in [0.2, 0.25) is 0 Å². The SMILES string of the molecule is COCCC(NC(=O)Cn1c(=O)[nH]c2ccccc2c1=O)C(=O)O. The van der Waals surface area contributed by atoms with Gasteiger partial charge in [-0.25, -0.2) is 9.59 Å². The molecule has 0 aliphatic carbocycles. The lowest BCUT2D eigenvalue weighted by Gasteiger charge is -2.14. The van der Waals surface area contributed by atoms with Gasteiger partial charge in [-0.3, -0.25) is 14.2 Å². The molecular weight excluding hydrogens is 318 g/mol. The summed E-state index contributed by atoms with van der Waals surface area (Å²) in [6.07, 6.45) is 0.0700. The molecule has 0 aliphatic heterocycles. The summed E-state index contributed by atoms with van der Waals surface area (Å²) in [7, 11) is 1.41. The van der Waals surface area contributed by atoms with Crippen molar-refractivity contribution in [3.05, 3.63) is 45.1 Å². The molecule has 1 aromatic carbocycles. The van der Waals surface area contributed by atoms with E-state index in [1.165, 1.54) is 13.2 Å². The smallest absolute Gasteiger partial charge is 0.329 e. The minimum Gasteiger partial charge on any atom is -0.480 e. The third-order valence-corrected chi connectivity index (χ3v) is 3.44. The van der Waals surface area contributed by atoms with E-state index in [0.717, 1.165) is 4.57 Å². The van der Waals surface area contributed by atoms with Crippen LogP contribution in [0.15, 0.2) is 33.9 Å². The second-order valence-corrected chi connectivity index (χ2v) is 5.11. The summed E-state index contributed by atoms with van der Waals surface area (Å²) < 4.78 is 5.51. The topological polar surface area (TPSA) is 130 Å². The van der Waals surface area contributed by atoms with Gasteiger partial charge in [-0.2, -0.15) is 0 Å². The fraction of sp³-hybridized carbons (Fsp3) is 0.333. The number of aromatic amines is 1. The highest BCUT2D eigenvalue weighted by molar-refractivity contribution is 5.83. The largest absolute Gasteiger partial charge is 0.480 e. The number of rotatable bonds is 7. The number of carbonyl (C=O) groups excluding carboxylic acids is 1. The van der Waals surface area contributed by atoms with Gasteiger partial charge in [-0.1, -0.05) is 12.1 Å². The Kier molecular flexibility index (Phi) is 5.48. The van der Waals surface area contributed by atoms with Gasteiger partial charge >= 0.3 is 11.7 Å². The Balaban J connectivity index is 2.23. The van der Waals surface area contributed by atoms with Gasteiger partial charge in [0.2, 0.25) is 5.91 Å². The molecule has 1 heterocycles. The first-order valence-electron chi connectivity index (χ1n) is 7.17. The number of aliphatic carboxylic acids is 1. The molecule has 1 atom stereocenters. The molecule has 0 saturated heterocycles. The number of hydrogen-bond acceptors (Lipinski definition) is 5. The predicted octanol–water partition coefficient (Wildman–Crippen LogP) is -0.704. The van der Waals surface area contributed by atoms with Crippen molar-refractivity contribution in [3.63, 3.8) is 0 Å². The molecule has 9 heteroatoms. The van der Waals surface area contributed by atoms with E-state index in [9.17, 15) is 19.2 Å². The van der Waals surface area contributed by atoms with E-state index in [2.05, 4.69) is 10.3 Å². The van der Waals surface area contributed by atoms with Crippen LogP contribution in [0.4, 0.5) is 0 Å². The summed E-state index contributed by atoms with van der Waals surface area (Å²) in [6.45, 7) is -0.427. The van der Waals surface area contributed by atoms with Gasteiger partial charge in [0.1, 0.15) is 12.6 Å². The van der Waals surface area contributed by atoms with E-state index < -0.39 is 35.7 Å². The summed E-state index contributed by atoms with van der Waals surface area (Å²) in [5.41, 5.74) is -0.987. The van der Waals surface area contributed by atoms with E-state index in [1.807, 2.05) is 0 Å². The van der Waals surface area contributed by atoms with Crippen LogP contribution in [0.25, 0.3) is 10.9 Å². The highest BCUT2D eigenvalue weighted by atomic mass is 16.5. The standard InChI is InChI=1S/C15H17N3O6/c1-24-7-6-11(14(21)22)16-12(19)8-18-13(20)9-4-2-3-5-10(9)17-15(18)23/h2-5,11H,6-8H2,1H3,(H,16,19)(H,17,23)(H,21,22). The van der Waals surface area contributed by atoms with Crippen LogP contribution < -0.4 is 16.6 Å². The zero-order valence-corrected chi connectivity index (χ0v) is 12.9. The van der Waals surface area contributed by atoms with Gasteiger partial charge < -0.3 is 20.1 Å². The summed E-state index contributed by atoms with van der Waals surface area (Å²) in [5, 5.41) is 11.6. The maximum absolute atomic E-state index is 12.3. The van der Waals surface area contributed by atoms with Crippen LogP contribution in [0, 0.1) is 0 Å². The zero-order valence-electron chi connectivity index (χ0n) is 12.9. The molecule has 0 spiro atoms. The van der Waals surface area contributed by atoms with E-state index in [1.54, 1.807) is 18.2 Å². The molecule has 3 N–H and O–H groups in total. The molecule has 0 bridgehead atoms. The Hall–Kier alpha value is -2.94. The Bertz CT molecular complexity index is 869. The first kappa shape index (κ1) is 17.4. The number of carbonyl (C=O) groups is 2. The lowest BCUT2D eigenvalue weighted by molar-refractivity contribution is -0.142. The van der Waals surface area contributed by atoms with Crippen molar-refractivity contribution >= 4 is 22.8 Å². The zero-order chi connectivity index (χ0) is 17.7. The fourth-order valence-electron chi connectivity index (χ4n) is 2.22. The molecule has 128 valence electrons. The number of amides is 1. The molecule has 0 aliphatic rings. The van der Waals surface area contributed by atoms with E-state index in [4.69, 9.17) is 9.84 Å². The van der Waals surface area contributed by atoms with Crippen LogP contribution in [0.5, 0.6) is 0 Å². The van der Waals surface area contributed by atoms with Gasteiger partial charge in [0.25, 0.3) is 5.56 Å². The monoisotopic (exact) mass is 335 g/mol. The molecule has 0 saturated carbocycles. The number of aromatic nitrogens is 2. The van der Waals surface area contributed by atoms with Crippen molar-refractivity contribution in [2.24, 2.45) is 0 Å². The summed E-state index contributed by atoms with van der Waals surface area (Å²) in [4.78, 5) is 49.9. The maximum Gasteiger partial charge on any atom is 0.329 e. The van der Waals surface area contributed by atoms with E-state index >= 15 is 0 Å². The van der Waals surface area contributed by atoms with Gasteiger partial charge in [0.05, 0.1) is 10.9 Å².